The van der Waals surface area contributed by atoms with Gasteiger partial charge in [0.2, 0.25) is 0 Å². The number of hydrogen-bond donors (Lipinski definition) is 2. The van der Waals surface area contributed by atoms with E-state index in [1.807, 2.05) is 12.1 Å². The summed E-state index contributed by atoms with van der Waals surface area (Å²) in [5.41, 5.74) is 5.38. The van der Waals surface area contributed by atoms with Gasteiger partial charge in [-0.1, -0.05) is 24.3 Å². The minimum Gasteiger partial charge on any atom is -0.497 e. The highest BCUT2D eigenvalue weighted by Gasteiger charge is 2.23. The zero-order chi connectivity index (χ0) is 20.9. The Morgan fingerprint density at radius 2 is 1.87 bits per heavy atom. The van der Waals surface area contributed by atoms with Crippen LogP contribution in [0.15, 0.2) is 42.5 Å². The maximum atomic E-state index is 12.7. The van der Waals surface area contributed by atoms with Crippen LogP contribution in [-0.2, 0) is 17.6 Å². The Hall–Kier alpha value is -2.53. The number of aryl methyl sites for hydroxylation is 2. The average molecular weight is 409 g/mol. The molecule has 4 rings (SSSR count). The molecule has 30 heavy (non-hydrogen) atoms. The Labute approximate surface area is 180 Å². The molecule has 1 amide bonds. The van der Waals surface area contributed by atoms with Gasteiger partial charge in [-0.3, -0.25) is 4.79 Å². The molecule has 5 heteroatoms. The molecule has 1 saturated heterocycles. The van der Waals surface area contributed by atoms with Gasteiger partial charge in [-0.15, -0.1) is 0 Å². The van der Waals surface area contributed by atoms with Gasteiger partial charge in [0, 0.05) is 11.8 Å². The Balaban J connectivity index is 1.26. The maximum Gasteiger partial charge on any atom is 0.275 e. The van der Waals surface area contributed by atoms with Gasteiger partial charge in [0.1, 0.15) is 5.75 Å². The third-order valence-corrected chi connectivity index (χ3v) is 6.55. The van der Waals surface area contributed by atoms with E-state index in [1.54, 1.807) is 7.11 Å². The van der Waals surface area contributed by atoms with Crippen LogP contribution in [0.2, 0.25) is 0 Å². The summed E-state index contributed by atoms with van der Waals surface area (Å²) in [5.74, 6) is 1.03. The highest BCUT2D eigenvalue weighted by molar-refractivity contribution is 5.77. The molecule has 5 nitrogen and oxygen atoms in total. The zero-order valence-electron chi connectivity index (χ0n) is 18.2. The van der Waals surface area contributed by atoms with E-state index in [-0.39, 0.29) is 11.9 Å². The summed E-state index contributed by atoms with van der Waals surface area (Å²) in [6, 6.07) is 15.0. The van der Waals surface area contributed by atoms with E-state index >= 15 is 0 Å². The minimum absolute atomic E-state index is 0.0576. The second kappa shape index (κ2) is 9.52. The number of quaternary nitrogens is 1. The van der Waals surface area contributed by atoms with Gasteiger partial charge in [0.05, 0.1) is 39.3 Å². The number of anilines is 1. The molecule has 160 valence electrons. The van der Waals surface area contributed by atoms with Gasteiger partial charge < -0.3 is 19.9 Å². The van der Waals surface area contributed by atoms with Crippen LogP contribution in [0.5, 0.6) is 5.75 Å². The molecular formula is C25H34N3O2+. The van der Waals surface area contributed by atoms with Crippen molar-refractivity contribution in [1.82, 2.24) is 5.32 Å². The van der Waals surface area contributed by atoms with Crippen molar-refractivity contribution in [2.75, 3.05) is 44.7 Å². The van der Waals surface area contributed by atoms with Crippen molar-refractivity contribution < 1.29 is 14.4 Å². The Bertz CT molecular complexity index is 874. The maximum absolute atomic E-state index is 12.7. The summed E-state index contributed by atoms with van der Waals surface area (Å²) in [5, 5.41) is 3.22. The van der Waals surface area contributed by atoms with Crippen LogP contribution < -0.4 is 19.9 Å². The SMILES string of the molecule is COc1cccc(N2CC[NH+](CC(=O)N[C@@H](C)c3ccc4c(c3)CCCC4)CC2)c1. The molecule has 0 aromatic heterocycles. The normalized spacial score (nSPS) is 17.9. The van der Waals surface area contributed by atoms with Crippen LogP contribution >= 0.6 is 0 Å². The summed E-state index contributed by atoms with van der Waals surface area (Å²) >= 11 is 0. The van der Waals surface area contributed by atoms with E-state index in [9.17, 15) is 4.79 Å². The lowest BCUT2D eigenvalue weighted by Gasteiger charge is -2.33. The molecule has 1 heterocycles. The molecule has 0 radical (unpaired) electrons. The number of nitrogens with one attached hydrogen (secondary N) is 2. The monoisotopic (exact) mass is 408 g/mol. The first-order valence-corrected chi connectivity index (χ1v) is 11.3. The van der Waals surface area contributed by atoms with Gasteiger partial charge in [-0.05, 0) is 61.4 Å². The second-order valence-electron chi connectivity index (χ2n) is 8.64. The molecule has 1 aliphatic carbocycles. The Morgan fingerprint density at radius 3 is 2.63 bits per heavy atom. The Morgan fingerprint density at radius 1 is 1.10 bits per heavy atom. The third-order valence-electron chi connectivity index (χ3n) is 6.55. The van der Waals surface area contributed by atoms with Gasteiger partial charge in [0.15, 0.2) is 6.54 Å². The van der Waals surface area contributed by atoms with Crippen molar-refractivity contribution >= 4 is 11.6 Å². The fraction of sp³-hybridized carbons (Fsp3) is 0.480. The number of carbonyl (C=O) groups is 1. The molecule has 2 aliphatic rings. The van der Waals surface area contributed by atoms with E-state index in [0.29, 0.717) is 6.54 Å². The predicted octanol–water partition coefficient (Wildman–Crippen LogP) is 2.16. The molecule has 0 spiro atoms. The lowest BCUT2D eigenvalue weighted by Crippen LogP contribution is -3.15. The first-order valence-electron chi connectivity index (χ1n) is 11.3. The van der Waals surface area contributed by atoms with Crippen molar-refractivity contribution in [2.24, 2.45) is 0 Å². The molecule has 0 bridgehead atoms. The fourth-order valence-corrected chi connectivity index (χ4v) is 4.69. The zero-order valence-corrected chi connectivity index (χ0v) is 18.2. The van der Waals surface area contributed by atoms with E-state index in [4.69, 9.17) is 4.74 Å². The highest BCUT2D eigenvalue weighted by atomic mass is 16.5. The van der Waals surface area contributed by atoms with Crippen molar-refractivity contribution in [3.8, 4) is 5.75 Å². The van der Waals surface area contributed by atoms with Crippen LogP contribution in [0, 0.1) is 0 Å². The van der Waals surface area contributed by atoms with Crippen molar-refractivity contribution in [3.05, 3.63) is 59.2 Å². The van der Waals surface area contributed by atoms with Gasteiger partial charge in [0.25, 0.3) is 5.91 Å². The predicted molar refractivity (Wildman–Crippen MR) is 120 cm³/mol. The number of amides is 1. The van der Waals surface area contributed by atoms with Gasteiger partial charge in [-0.25, -0.2) is 0 Å². The second-order valence-corrected chi connectivity index (χ2v) is 8.64. The number of hydrogen-bond acceptors (Lipinski definition) is 3. The number of carbonyl (C=O) groups excluding carboxylic acids is 1. The lowest BCUT2D eigenvalue weighted by atomic mass is 9.89. The molecule has 2 aromatic rings. The number of benzene rings is 2. The molecule has 1 fully saturated rings. The first-order chi connectivity index (χ1) is 14.6. The standard InChI is InChI=1S/C25H33N3O2/c1-19(21-11-10-20-6-3-4-7-22(20)16-21)26-25(29)18-27-12-14-28(15-13-27)23-8-5-9-24(17-23)30-2/h5,8-11,16-17,19H,3-4,6-7,12-15,18H2,1-2H3,(H,26,29)/p+1/t19-/m0/s1. The summed E-state index contributed by atoms with van der Waals surface area (Å²) in [4.78, 5) is 16.4. The van der Waals surface area contributed by atoms with Crippen LogP contribution in [0.3, 0.4) is 0 Å². The molecule has 0 unspecified atom stereocenters. The summed E-state index contributed by atoms with van der Waals surface area (Å²) in [6.07, 6.45) is 4.95. The smallest absolute Gasteiger partial charge is 0.275 e. The lowest BCUT2D eigenvalue weighted by molar-refractivity contribution is -0.892. The summed E-state index contributed by atoms with van der Waals surface area (Å²) in [6.45, 7) is 6.49. The van der Waals surface area contributed by atoms with Crippen LogP contribution in [0.1, 0.15) is 42.5 Å². The number of methoxy groups -OCH3 is 1. The average Bonchev–Trinajstić information content (AvgIpc) is 2.79. The summed E-state index contributed by atoms with van der Waals surface area (Å²) < 4.78 is 5.34. The van der Waals surface area contributed by atoms with Crippen molar-refractivity contribution in [1.29, 1.82) is 0 Å². The molecule has 1 aliphatic heterocycles. The minimum atomic E-state index is 0.0576. The number of rotatable bonds is 6. The highest BCUT2D eigenvalue weighted by Crippen LogP contribution is 2.25. The van der Waals surface area contributed by atoms with Crippen molar-refractivity contribution in [2.45, 2.75) is 38.6 Å². The number of ether oxygens (including phenoxy) is 1. The van der Waals surface area contributed by atoms with Gasteiger partial charge >= 0.3 is 0 Å². The van der Waals surface area contributed by atoms with Gasteiger partial charge in [-0.2, -0.15) is 0 Å². The van der Waals surface area contributed by atoms with E-state index in [0.717, 1.165) is 31.9 Å². The molecule has 2 N–H and O–H groups in total. The van der Waals surface area contributed by atoms with E-state index < -0.39 is 0 Å². The Kier molecular flexibility index (Phi) is 6.58. The summed E-state index contributed by atoms with van der Waals surface area (Å²) in [7, 11) is 1.70. The van der Waals surface area contributed by atoms with Crippen molar-refractivity contribution in [3.63, 3.8) is 0 Å². The molecular weight excluding hydrogens is 374 g/mol. The fourth-order valence-electron chi connectivity index (χ4n) is 4.69. The first kappa shape index (κ1) is 20.7. The number of piperazine rings is 1. The van der Waals surface area contributed by atoms with Crippen LogP contribution in [0.4, 0.5) is 5.69 Å². The van der Waals surface area contributed by atoms with E-state index in [2.05, 4.69) is 47.5 Å². The molecule has 1 atom stereocenters. The number of nitrogens with zero attached hydrogens (tertiary/aromatic N) is 1. The quantitative estimate of drug-likeness (QED) is 0.770. The number of fused-ring (bicyclic) bond motifs is 1. The van der Waals surface area contributed by atoms with Crippen LogP contribution in [-0.4, -0.2) is 45.7 Å². The third kappa shape index (κ3) is 4.96. The molecule has 0 saturated carbocycles. The van der Waals surface area contributed by atoms with Crippen LogP contribution in [0.25, 0.3) is 0 Å². The largest absolute Gasteiger partial charge is 0.497 e. The topological polar surface area (TPSA) is 46.0 Å². The van der Waals surface area contributed by atoms with E-state index in [1.165, 1.54) is 53.0 Å². The molecule has 2 aromatic carbocycles.